The van der Waals surface area contributed by atoms with Crippen molar-refractivity contribution in [3.05, 3.63) is 34.9 Å². The fourth-order valence-electron chi connectivity index (χ4n) is 3.34. The number of likely N-dealkylation sites (tertiary alicyclic amines) is 1. The second-order valence-corrected chi connectivity index (χ2v) is 6.42. The molecule has 2 rings (SSSR count). The van der Waals surface area contributed by atoms with Gasteiger partial charge in [-0.2, -0.15) is 0 Å². The van der Waals surface area contributed by atoms with Crippen LogP contribution in [0.15, 0.2) is 18.2 Å². The fraction of sp³-hybridized carbons (Fsp3) is 0.647. The highest BCUT2D eigenvalue weighted by molar-refractivity contribution is 5.33. The van der Waals surface area contributed by atoms with Gasteiger partial charge in [0.25, 0.3) is 0 Å². The van der Waals surface area contributed by atoms with Crippen LogP contribution in [0.25, 0.3) is 0 Å². The Hall–Kier alpha value is -0.860. The molecule has 1 heterocycles. The van der Waals surface area contributed by atoms with E-state index in [1.165, 1.54) is 36.1 Å². The minimum Gasteiger partial charge on any atom is -0.323 e. The monoisotopic (exact) mass is 260 g/mol. The standard InChI is InChI=1S/C17H28N2/c1-12(2)17-6-5-9-19(17)11-16(18)15-10-13(3)7-8-14(15)4/h7-8,10,12,16-17H,5-6,9,11,18H2,1-4H3. The zero-order valence-corrected chi connectivity index (χ0v) is 12.8. The molecule has 0 bridgehead atoms. The molecule has 1 aromatic rings. The van der Waals surface area contributed by atoms with Gasteiger partial charge in [0, 0.05) is 18.6 Å². The van der Waals surface area contributed by atoms with E-state index in [0.717, 1.165) is 18.5 Å². The molecule has 2 unspecified atom stereocenters. The van der Waals surface area contributed by atoms with E-state index >= 15 is 0 Å². The Morgan fingerprint density at radius 2 is 2.05 bits per heavy atom. The molecule has 1 aromatic carbocycles. The fourth-order valence-corrected chi connectivity index (χ4v) is 3.34. The Morgan fingerprint density at radius 3 is 2.74 bits per heavy atom. The number of rotatable bonds is 4. The Kier molecular flexibility index (Phi) is 4.64. The Morgan fingerprint density at radius 1 is 1.32 bits per heavy atom. The number of aryl methyl sites for hydroxylation is 2. The summed E-state index contributed by atoms with van der Waals surface area (Å²) in [5.74, 6) is 0.730. The molecule has 2 nitrogen and oxygen atoms in total. The quantitative estimate of drug-likeness (QED) is 0.898. The maximum absolute atomic E-state index is 6.47. The van der Waals surface area contributed by atoms with E-state index in [4.69, 9.17) is 5.73 Å². The minimum absolute atomic E-state index is 0.138. The van der Waals surface area contributed by atoms with Crippen LogP contribution in [-0.4, -0.2) is 24.0 Å². The van der Waals surface area contributed by atoms with Gasteiger partial charge < -0.3 is 5.73 Å². The van der Waals surface area contributed by atoms with Gasteiger partial charge in [-0.15, -0.1) is 0 Å². The first-order valence-electron chi connectivity index (χ1n) is 7.56. The normalized spacial score (nSPS) is 22.1. The Balaban J connectivity index is 2.08. The third kappa shape index (κ3) is 3.37. The molecule has 0 saturated carbocycles. The van der Waals surface area contributed by atoms with Crippen LogP contribution in [0, 0.1) is 19.8 Å². The molecule has 1 aliphatic heterocycles. The lowest BCUT2D eigenvalue weighted by atomic mass is 9.97. The summed E-state index contributed by atoms with van der Waals surface area (Å²) < 4.78 is 0. The number of nitrogens with zero attached hydrogens (tertiary/aromatic N) is 1. The van der Waals surface area contributed by atoms with Gasteiger partial charge in [-0.25, -0.2) is 0 Å². The van der Waals surface area contributed by atoms with E-state index < -0.39 is 0 Å². The first kappa shape index (κ1) is 14.5. The molecule has 0 aromatic heterocycles. The van der Waals surface area contributed by atoms with E-state index in [1.54, 1.807) is 0 Å². The summed E-state index contributed by atoms with van der Waals surface area (Å²) in [6.07, 6.45) is 2.65. The topological polar surface area (TPSA) is 29.3 Å². The van der Waals surface area contributed by atoms with Crippen LogP contribution in [0.2, 0.25) is 0 Å². The van der Waals surface area contributed by atoms with Crippen LogP contribution < -0.4 is 5.73 Å². The van der Waals surface area contributed by atoms with Gasteiger partial charge in [-0.1, -0.05) is 37.6 Å². The zero-order chi connectivity index (χ0) is 14.0. The molecule has 0 radical (unpaired) electrons. The van der Waals surface area contributed by atoms with Crippen LogP contribution in [0.4, 0.5) is 0 Å². The molecule has 2 N–H and O–H groups in total. The molecule has 19 heavy (non-hydrogen) atoms. The SMILES string of the molecule is Cc1ccc(C)c(C(N)CN2CCCC2C(C)C)c1. The first-order chi connectivity index (χ1) is 8.99. The Bertz CT molecular complexity index is 425. The lowest BCUT2D eigenvalue weighted by Gasteiger charge is -2.30. The second-order valence-electron chi connectivity index (χ2n) is 6.42. The highest BCUT2D eigenvalue weighted by atomic mass is 15.2. The maximum atomic E-state index is 6.47. The van der Waals surface area contributed by atoms with Crippen molar-refractivity contribution >= 4 is 0 Å². The summed E-state index contributed by atoms with van der Waals surface area (Å²) in [5, 5.41) is 0. The van der Waals surface area contributed by atoms with Crippen molar-refractivity contribution in [2.24, 2.45) is 11.7 Å². The molecular formula is C17H28N2. The van der Waals surface area contributed by atoms with Crippen molar-refractivity contribution in [3.8, 4) is 0 Å². The second kappa shape index (κ2) is 6.06. The molecule has 2 heteroatoms. The summed E-state index contributed by atoms with van der Waals surface area (Å²) in [6.45, 7) is 11.2. The summed E-state index contributed by atoms with van der Waals surface area (Å²) >= 11 is 0. The average molecular weight is 260 g/mol. The predicted octanol–water partition coefficient (Wildman–Crippen LogP) is 3.42. The number of benzene rings is 1. The molecule has 0 amide bonds. The van der Waals surface area contributed by atoms with Crippen LogP contribution in [-0.2, 0) is 0 Å². The van der Waals surface area contributed by atoms with Crippen LogP contribution in [0.1, 0.15) is 49.4 Å². The molecule has 1 saturated heterocycles. The number of nitrogens with two attached hydrogens (primary N) is 1. The summed E-state index contributed by atoms with van der Waals surface area (Å²) in [6, 6.07) is 7.46. The molecular weight excluding hydrogens is 232 g/mol. The molecule has 2 atom stereocenters. The smallest absolute Gasteiger partial charge is 0.0427 e. The van der Waals surface area contributed by atoms with Gasteiger partial charge >= 0.3 is 0 Å². The lowest BCUT2D eigenvalue weighted by Crippen LogP contribution is -2.38. The zero-order valence-electron chi connectivity index (χ0n) is 12.8. The van der Waals surface area contributed by atoms with Gasteiger partial charge in [0.2, 0.25) is 0 Å². The molecule has 106 valence electrons. The third-order valence-electron chi connectivity index (χ3n) is 4.45. The van der Waals surface area contributed by atoms with Crippen LogP contribution in [0.5, 0.6) is 0 Å². The van der Waals surface area contributed by atoms with Crippen molar-refractivity contribution < 1.29 is 0 Å². The Labute approximate surface area is 118 Å². The molecule has 0 spiro atoms. The van der Waals surface area contributed by atoms with Crippen molar-refractivity contribution in [1.29, 1.82) is 0 Å². The van der Waals surface area contributed by atoms with Gasteiger partial charge in [-0.05, 0) is 50.3 Å². The third-order valence-corrected chi connectivity index (χ3v) is 4.45. The van der Waals surface area contributed by atoms with Crippen molar-refractivity contribution in [3.63, 3.8) is 0 Å². The predicted molar refractivity (Wildman–Crippen MR) is 82.3 cm³/mol. The van der Waals surface area contributed by atoms with Gasteiger partial charge in [-0.3, -0.25) is 4.90 Å². The van der Waals surface area contributed by atoms with E-state index in [-0.39, 0.29) is 6.04 Å². The first-order valence-corrected chi connectivity index (χ1v) is 7.56. The van der Waals surface area contributed by atoms with Gasteiger partial charge in [0.15, 0.2) is 0 Å². The van der Waals surface area contributed by atoms with E-state index in [2.05, 4.69) is 50.8 Å². The van der Waals surface area contributed by atoms with E-state index in [0.29, 0.717) is 0 Å². The van der Waals surface area contributed by atoms with Crippen molar-refractivity contribution in [2.45, 2.75) is 52.6 Å². The minimum atomic E-state index is 0.138. The maximum Gasteiger partial charge on any atom is 0.0427 e. The summed E-state index contributed by atoms with van der Waals surface area (Å²) in [5.41, 5.74) is 10.4. The molecule has 1 fully saturated rings. The summed E-state index contributed by atoms with van der Waals surface area (Å²) in [7, 11) is 0. The summed E-state index contributed by atoms with van der Waals surface area (Å²) in [4.78, 5) is 2.59. The van der Waals surface area contributed by atoms with E-state index in [1.807, 2.05) is 0 Å². The molecule has 0 aliphatic carbocycles. The van der Waals surface area contributed by atoms with Gasteiger partial charge in [0.05, 0.1) is 0 Å². The molecule has 1 aliphatic rings. The van der Waals surface area contributed by atoms with Gasteiger partial charge in [0.1, 0.15) is 0 Å². The lowest BCUT2D eigenvalue weighted by molar-refractivity contribution is 0.195. The van der Waals surface area contributed by atoms with Crippen LogP contribution >= 0.6 is 0 Å². The van der Waals surface area contributed by atoms with Crippen molar-refractivity contribution in [1.82, 2.24) is 4.90 Å². The van der Waals surface area contributed by atoms with Crippen molar-refractivity contribution in [2.75, 3.05) is 13.1 Å². The van der Waals surface area contributed by atoms with Crippen LogP contribution in [0.3, 0.4) is 0 Å². The number of hydrogen-bond acceptors (Lipinski definition) is 2. The van der Waals surface area contributed by atoms with E-state index in [9.17, 15) is 0 Å². The number of hydrogen-bond donors (Lipinski definition) is 1. The largest absolute Gasteiger partial charge is 0.323 e. The highest BCUT2D eigenvalue weighted by Gasteiger charge is 2.28. The highest BCUT2D eigenvalue weighted by Crippen LogP contribution is 2.26. The average Bonchev–Trinajstić information content (AvgIpc) is 2.80.